The first-order chi connectivity index (χ1) is 13.2. The standard InChI is InChI=1S/C22H20N2O3/c1-15-19-20(16-9-5-3-6-10-16)18(22(25)26-2)13-14-27-21(19)24(23-15)17-11-7-4-8-12-17/h3-13,20H,14H2,1-2H3/t20-/m0/s1. The van der Waals surface area contributed by atoms with Crippen molar-refractivity contribution in [2.24, 2.45) is 0 Å². The summed E-state index contributed by atoms with van der Waals surface area (Å²) in [4.78, 5) is 12.5. The third kappa shape index (κ3) is 3.01. The molecule has 0 aliphatic carbocycles. The number of ether oxygens (including phenoxy) is 2. The molecule has 0 spiro atoms. The summed E-state index contributed by atoms with van der Waals surface area (Å²) in [6.07, 6.45) is 1.80. The van der Waals surface area contributed by atoms with Crippen LogP contribution in [0.1, 0.15) is 22.7 Å². The van der Waals surface area contributed by atoms with E-state index in [1.165, 1.54) is 7.11 Å². The van der Waals surface area contributed by atoms with Crippen LogP contribution in [-0.4, -0.2) is 29.5 Å². The van der Waals surface area contributed by atoms with Gasteiger partial charge >= 0.3 is 5.97 Å². The first-order valence-electron chi connectivity index (χ1n) is 8.81. The lowest BCUT2D eigenvalue weighted by Gasteiger charge is -2.18. The first kappa shape index (κ1) is 17.1. The second-order valence-electron chi connectivity index (χ2n) is 6.36. The molecule has 0 bridgehead atoms. The summed E-state index contributed by atoms with van der Waals surface area (Å²) in [5.74, 6) is 0.00322. The van der Waals surface area contributed by atoms with Gasteiger partial charge in [0.25, 0.3) is 0 Å². The van der Waals surface area contributed by atoms with Crippen molar-refractivity contribution in [2.75, 3.05) is 13.7 Å². The minimum Gasteiger partial charge on any atom is -0.473 e. The van der Waals surface area contributed by atoms with Gasteiger partial charge in [0.1, 0.15) is 6.61 Å². The number of rotatable bonds is 3. The van der Waals surface area contributed by atoms with E-state index in [1.807, 2.05) is 67.6 Å². The summed E-state index contributed by atoms with van der Waals surface area (Å²) in [6, 6.07) is 19.7. The van der Waals surface area contributed by atoms with Crippen molar-refractivity contribution < 1.29 is 14.3 Å². The van der Waals surface area contributed by atoms with Gasteiger partial charge in [0.05, 0.1) is 18.5 Å². The molecule has 27 heavy (non-hydrogen) atoms. The molecule has 0 saturated carbocycles. The van der Waals surface area contributed by atoms with Gasteiger partial charge in [0, 0.05) is 17.1 Å². The molecule has 4 rings (SSSR count). The van der Waals surface area contributed by atoms with E-state index in [4.69, 9.17) is 14.6 Å². The second-order valence-corrected chi connectivity index (χ2v) is 6.36. The van der Waals surface area contributed by atoms with E-state index in [0.29, 0.717) is 11.5 Å². The summed E-state index contributed by atoms with van der Waals surface area (Å²) in [6.45, 7) is 2.22. The average Bonchev–Trinajstić information content (AvgIpc) is 2.91. The number of aromatic nitrogens is 2. The van der Waals surface area contributed by atoms with Crippen LogP contribution in [-0.2, 0) is 9.53 Å². The third-order valence-electron chi connectivity index (χ3n) is 4.74. The molecule has 0 saturated heterocycles. The van der Waals surface area contributed by atoms with Crippen LogP contribution in [0.4, 0.5) is 0 Å². The highest BCUT2D eigenvalue weighted by Gasteiger charge is 2.34. The molecule has 0 N–H and O–H groups in total. The Balaban J connectivity index is 1.94. The van der Waals surface area contributed by atoms with E-state index in [9.17, 15) is 4.79 Å². The lowest BCUT2D eigenvalue weighted by Crippen LogP contribution is -2.15. The molecule has 0 unspecified atom stereocenters. The molecule has 5 heteroatoms. The first-order valence-corrected chi connectivity index (χ1v) is 8.81. The lowest BCUT2D eigenvalue weighted by molar-refractivity contribution is -0.136. The number of methoxy groups -OCH3 is 1. The van der Waals surface area contributed by atoms with Gasteiger partial charge in [-0.3, -0.25) is 0 Å². The second kappa shape index (κ2) is 7.11. The molecule has 0 amide bonds. The van der Waals surface area contributed by atoms with Gasteiger partial charge < -0.3 is 9.47 Å². The predicted molar refractivity (Wildman–Crippen MR) is 102 cm³/mol. The van der Waals surface area contributed by atoms with Crippen molar-refractivity contribution in [2.45, 2.75) is 12.8 Å². The van der Waals surface area contributed by atoms with Crippen molar-refractivity contribution in [1.29, 1.82) is 0 Å². The van der Waals surface area contributed by atoms with E-state index in [1.54, 1.807) is 10.8 Å². The highest BCUT2D eigenvalue weighted by Crippen LogP contribution is 2.42. The number of hydrogen-bond acceptors (Lipinski definition) is 4. The van der Waals surface area contributed by atoms with Crippen molar-refractivity contribution in [3.63, 3.8) is 0 Å². The maximum Gasteiger partial charge on any atom is 0.334 e. The maximum atomic E-state index is 12.5. The zero-order chi connectivity index (χ0) is 18.8. The van der Waals surface area contributed by atoms with Gasteiger partial charge in [0.15, 0.2) is 0 Å². The van der Waals surface area contributed by atoms with Crippen LogP contribution >= 0.6 is 0 Å². The Morgan fingerprint density at radius 2 is 1.78 bits per heavy atom. The Morgan fingerprint density at radius 1 is 1.11 bits per heavy atom. The van der Waals surface area contributed by atoms with Crippen LogP contribution in [0.15, 0.2) is 72.3 Å². The number of carbonyl (C=O) groups is 1. The third-order valence-corrected chi connectivity index (χ3v) is 4.74. The fraction of sp³-hybridized carbons (Fsp3) is 0.182. The molecule has 2 heterocycles. The molecule has 1 aliphatic heterocycles. The SMILES string of the molecule is COC(=O)C1=CCOc2c(c(C)nn2-c2ccccc2)[C@H]1c1ccccc1. The summed E-state index contributed by atoms with van der Waals surface area (Å²) >= 11 is 0. The lowest BCUT2D eigenvalue weighted by atomic mass is 9.85. The van der Waals surface area contributed by atoms with Crippen molar-refractivity contribution in [3.05, 3.63) is 89.1 Å². The molecule has 1 atom stereocenters. The number of nitrogens with zero attached hydrogens (tertiary/aromatic N) is 2. The Morgan fingerprint density at radius 3 is 2.44 bits per heavy atom. The van der Waals surface area contributed by atoms with E-state index >= 15 is 0 Å². The maximum absolute atomic E-state index is 12.5. The molecule has 2 aromatic carbocycles. The van der Waals surface area contributed by atoms with Gasteiger partial charge in [0.2, 0.25) is 5.88 Å². The molecular weight excluding hydrogens is 340 g/mol. The monoisotopic (exact) mass is 360 g/mol. The molecule has 3 aromatic rings. The van der Waals surface area contributed by atoms with Crippen LogP contribution < -0.4 is 4.74 Å². The topological polar surface area (TPSA) is 53.4 Å². The highest BCUT2D eigenvalue weighted by atomic mass is 16.5. The minimum absolute atomic E-state index is 0.277. The van der Waals surface area contributed by atoms with E-state index < -0.39 is 0 Å². The zero-order valence-electron chi connectivity index (χ0n) is 15.3. The Labute approximate surface area is 157 Å². The zero-order valence-corrected chi connectivity index (χ0v) is 15.3. The molecule has 0 radical (unpaired) electrons. The fourth-order valence-corrected chi connectivity index (χ4v) is 3.53. The van der Waals surface area contributed by atoms with E-state index in [2.05, 4.69) is 0 Å². The Kier molecular flexibility index (Phi) is 4.50. The predicted octanol–water partition coefficient (Wildman–Crippen LogP) is 3.80. The Bertz CT molecular complexity index is 991. The van der Waals surface area contributed by atoms with Crippen molar-refractivity contribution in [1.82, 2.24) is 9.78 Å². The van der Waals surface area contributed by atoms with Gasteiger partial charge in [-0.2, -0.15) is 5.10 Å². The molecule has 0 fully saturated rings. The molecule has 5 nitrogen and oxygen atoms in total. The molecule has 1 aliphatic rings. The van der Waals surface area contributed by atoms with Crippen LogP contribution in [0.2, 0.25) is 0 Å². The summed E-state index contributed by atoms with van der Waals surface area (Å²) in [5.41, 5.74) is 4.18. The normalized spacial score (nSPS) is 15.9. The van der Waals surface area contributed by atoms with Gasteiger partial charge in [-0.05, 0) is 30.7 Å². The fourth-order valence-electron chi connectivity index (χ4n) is 3.53. The average molecular weight is 360 g/mol. The van der Waals surface area contributed by atoms with E-state index in [-0.39, 0.29) is 18.5 Å². The van der Waals surface area contributed by atoms with Crippen molar-refractivity contribution in [3.8, 4) is 11.6 Å². The number of para-hydroxylation sites is 1. The number of esters is 1. The number of hydrogen-bond donors (Lipinski definition) is 0. The summed E-state index contributed by atoms with van der Waals surface area (Å²) in [5, 5.41) is 4.71. The quantitative estimate of drug-likeness (QED) is 0.667. The van der Waals surface area contributed by atoms with Crippen LogP contribution in [0, 0.1) is 6.92 Å². The highest BCUT2D eigenvalue weighted by molar-refractivity contribution is 5.91. The summed E-state index contributed by atoms with van der Waals surface area (Å²) < 4.78 is 12.9. The minimum atomic E-state index is -0.354. The largest absolute Gasteiger partial charge is 0.473 e. The van der Waals surface area contributed by atoms with E-state index in [0.717, 1.165) is 22.5 Å². The molecule has 1 aromatic heterocycles. The molecular formula is C22H20N2O3. The summed E-state index contributed by atoms with van der Waals surface area (Å²) in [7, 11) is 1.40. The van der Waals surface area contributed by atoms with Gasteiger partial charge in [-0.25, -0.2) is 9.48 Å². The number of aryl methyl sites for hydroxylation is 1. The Hall–Kier alpha value is -3.34. The van der Waals surface area contributed by atoms with Crippen LogP contribution in [0.25, 0.3) is 5.69 Å². The van der Waals surface area contributed by atoms with Gasteiger partial charge in [-0.1, -0.05) is 48.5 Å². The number of fused-ring (bicyclic) bond motifs is 1. The number of benzene rings is 2. The molecule has 136 valence electrons. The smallest absolute Gasteiger partial charge is 0.334 e. The van der Waals surface area contributed by atoms with Crippen LogP contribution in [0.3, 0.4) is 0 Å². The van der Waals surface area contributed by atoms with Crippen molar-refractivity contribution >= 4 is 5.97 Å². The van der Waals surface area contributed by atoms with Gasteiger partial charge in [-0.15, -0.1) is 0 Å². The van der Waals surface area contributed by atoms with Crippen LogP contribution in [0.5, 0.6) is 5.88 Å². The number of carbonyl (C=O) groups excluding carboxylic acids is 1.